The van der Waals surface area contributed by atoms with Crippen molar-refractivity contribution in [2.24, 2.45) is 0 Å². The van der Waals surface area contributed by atoms with Gasteiger partial charge in [0.1, 0.15) is 18.5 Å². The largest absolute Gasteiger partial charge is 0.490 e. The Hall–Kier alpha value is -4.78. The first-order valence-corrected chi connectivity index (χ1v) is 14.4. The molecule has 3 heterocycles. The second kappa shape index (κ2) is 12.3. The summed E-state index contributed by atoms with van der Waals surface area (Å²) < 4.78 is 61.5. The maximum absolute atomic E-state index is 13.5. The number of benzene rings is 3. The minimum atomic E-state index is -4.51. The fourth-order valence-electron chi connectivity index (χ4n) is 5.65. The molecule has 3 aromatic rings. The van der Waals surface area contributed by atoms with Crippen molar-refractivity contribution in [3.05, 3.63) is 82.9 Å². The highest BCUT2D eigenvalue weighted by Gasteiger charge is 2.39. The number of rotatable bonds is 6. The van der Waals surface area contributed by atoms with Crippen LogP contribution in [0.25, 0.3) is 0 Å². The van der Waals surface area contributed by atoms with Crippen LogP contribution in [-0.4, -0.2) is 61.3 Å². The molecule has 13 heteroatoms. The van der Waals surface area contributed by atoms with Crippen molar-refractivity contribution in [1.82, 2.24) is 10.2 Å². The SMILES string of the molecule is CN1C(=O)c2cc(NC(=O)c3ccc(C(F)(F)F)cc3)ccc2OC[C@@H]2O[C@@H](CC(=O)NCc3ccc4c(c3)OCO4)CC[C@H]21. The molecule has 3 amide bonds. The quantitative estimate of drug-likeness (QED) is 0.406. The third-order valence-corrected chi connectivity index (χ3v) is 8.08. The number of ether oxygens (including phenoxy) is 4. The molecule has 3 atom stereocenters. The normalized spacial score (nSPS) is 20.7. The topological polar surface area (TPSA) is 115 Å². The van der Waals surface area contributed by atoms with E-state index in [2.05, 4.69) is 10.6 Å². The summed E-state index contributed by atoms with van der Waals surface area (Å²) in [6.07, 6.45) is -4.01. The molecule has 0 aliphatic carbocycles. The van der Waals surface area contributed by atoms with Crippen LogP contribution in [0.1, 0.15) is 51.1 Å². The van der Waals surface area contributed by atoms with Crippen LogP contribution in [-0.2, 0) is 22.3 Å². The van der Waals surface area contributed by atoms with Gasteiger partial charge < -0.3 is 34.5 Å². The second-order valence-corrected chi connectivity index (χ2v) is 11.1. The number of nitrogens with one attached hydrogen (secondary N) is 2. The van der Waals surface area contributed by atoms with Crippen LogP contribution in [0.3, 0.4) is 0 Å². The Morgan fingerprint density at radius 3 is 2.47 bits per heavy atom. The van der Waals surface area contributed by atoms with E-state index < -0.39 is 23.8 Å². The highest BCUT2D eigenvalue weighted by atomic mass is 19.4. The first-order valence-electron chi connectivity index (χ1n) is 14.4. The molecule has 3 aromatic carbocycles. The molecule has 2 N–H and O–H groups in total. The first-order chi connectivity index (χ1) is 21.5. The third-order valence-electron chi connectivity index (χ3n) is 8.08. The van der Waals surface area contributed by atoms with Gasteiger partial charge in [-0.05, 0) is 73.0 Å². The van der Waals surface area contributed by atoms with E-state index in [-0.39, 0.29) is 60.6 Å². The van der Waals surface area contributed by atoms with Crippen LogP contribution in [0.5, 0.6) is 17.2 Å². The Kier molecular flexibility index (Phi) is 8.28. The van der Waals surface area contributed by atoms with Gasteiger partial charge in [-0.15, -0.1) is 0 Å². The van der Waals surface area contributed by atoms with E-state index in [9.17, 15) is 27.6 Å². The van der Waals surface area contributed by atoms with Crippen LogP contribution in [0, 0.1) is 0 Å². The van der Waals surface area contributed by atoms with E-state index in [1.54, 1.807) is 30.1 Å². The van der Waals surface area contributed by atoms with Crippen molar-refractivity contribution in [3.63, 3.8) is 0 Å². The number of alkyl halides is 3. The zero-order valence-corrected chi connectivity index (χ0v) is 24.2. The van der Waals surface area contributed by atoms with E-state index in [1.165, 1.54) is 6.07 Å². The van der Waals surface area contributed by atoms with E-state index in [0.29, 0.717) is 36.6 Å². The zero-order valence-electron chi connectivity index (χ0n) is 24.2. The van der Waals surface area contributed by atoms with Gasteiger partial charge in [-0.25, -0.2) is 0 Å². The molecule has 0 radical (unpaired) electrons. The van der Waals surface area contributed by atoms with Crippen LogP contribution in [0.2, 0.25) is 0 Å². The average molecular weight is 626 g/mol. The minimum absolute atomic E-state index is 0.0350. The van der Waals surface area contributed by atoms with Gasteiger partial charge in [0.25, 0.3) is 11.8 Å². The number of fused-ring (bicyclic) bond motifs is 3. The van der Waals surface area contributed by atoms with Gasteiger partial charge >= 0.3 is 6.18 Å². The summed E-state index contributed by atoms with van der Waals surface area (Å²) in [5.74, 6) is 0.490. The molecule has 6 rings (SSSR count). The van der Waals surface area contributed by atoms with Crippen molar-refractivity contribution < 1.29 is 46.5 Å². The Labute approximate surface area is 256 Å². The molecular weight excluding hydrogens is 595 g/mol. The molecule has 3 aliphatic heterocycles. The molecule has 0 bridgehead atoms. The van der Waals surface area contributed by atoms with Crippen molar-refractivity contribution in [3.8, 4) is 17.2 Å². The number of halogens is 3. The molecule has 0 aromatic heterocycles. The summed E-state index contributed by atoms with van der Waals surface area (Å²) in [4.78, 5) is 40.5. The third kappa shape index (κ3) is 6.68. The number of hydrogen-bond donors (Lipinski definition) is 2. The number of nitrogens with zero attached hydrogens (tertiary/aromatic N) is 1. The lowest BCUT2D eigenvalue weighted by molar-refractivity contribution is -0.137. The van der Waals surface area contributed by atoms with Gasteiger partial charge in [0.05, 0.1) is 29.7 Å². The molecule has 0 spiro atoms. The molecule has 1 saturated heterocycles. The minimum Gasteiger partial charge on any atom is -0.490 e. The maximum atomic E-state index is 13.5. The molecule has 0 unspecified atom stereocenters. The summed E-state index contributed by atoms with van der Waals surface area (Å²) in [6, 6.07) is 13.6. The number of carbonyl (C=O) groups is 3. The van der Waals surface area contributed by atoms with Gasteiger partial charge in [-0.1, -0.05) is 6.07 Å². The lowest BCUT2D eigenvalue weighted by Crippen LogP contribution is -2.53. The van der Waals surface area contributed by atoms with Gasteiger partial charge in [0.15, 0.2) is 11.5 Å². The predicted molar refractivity (Wildman–Crippen MR) is 154 cm³/mol. The van der Waals surface area contributed by atoms with Gasteiger partial charge in [0, 0.05) is 24.8 Å². The highest BCUT2D eigenvalue weighted by Crippen LogP contribution is 2.34. The number of carbonyl (C=O) groups excluding carboxylic acids is 3. The van der Waals surface area contributed by atoms with Crippen molar-refractivity contribution in [1.29, 1.82) is 0 Å². The lowest BCUT2D eigenvalue weighted by Gasteiger charge is -2.42. The molecule has 3 aliphatic rings. The average Bonchev–Trinajstić information content (AvgIpc) is 3.50. The Morgan fingerprint density at radius 2 is 1.69 bits per heavy atom. The zero-order chi connectivity index (χ0) is 31.7. The van der Waals surface area contributed by atoms with Crippen molar-refractivity contribution in [2.45, 2.75) is 50.2 Å². The van der Waals surface area contributed by atoms with Gasteiger partial charge in [-0.3, -0.25) is 14.4 Å². The van der Waals surface area contributed by atoms with E-state index in [0.717, 1.165) is 29.8 Å². The molecule has 1 fully saturated rings. The highest BCUT2D eigenvalue weighted by molar-refractivity contribution is 6.05. The molecule has 10 nitrogen and oxygen atoms in total. The number of likely N-dealkylation sites (N-methyl/N-ethyl adjacent to an activating group) is 1. The number of amides is 3. The number of hydrogen-bond acceptors (Lipinski definition) is 7. The van der Waals surface area contributed by atoms with Crippen LogP contribution in [0.4, 0.5) is 18.9 Å². The Balaban J connectivity index is 1.06. The smallest absolute Gasteiger partial charge is 0.416 e. The van der Waals surface area contributed by atoms with Crippen LogP contribution >= 0.6 is 0 Å². The van der Waals surface area contributed by atoms with Gasteiger partial charge in [-0.2, -0.15) is 13.2 Å². The van der Waals surface area contributed by atoms with Crippen LogP contribution < -0.4 is 24.8 Å². The van der Waals surface area contributed by atoms with E-state index in [4.69, 9.17) is 18.9 Å². The van der Waals surface area contributed by atoms with Gasteiger partial charge in [0.2, 0.25) is 12.7 Å². The van der Waals surface area contributed by atoms with Crippen molar-refractivity contribution >= 4 is 23.4 Å². The number of anilines is 1. The predicted octanol–water partition coefficient (Wildman–Crippen LogP) is 4.77. The first kappa shape index (κ1) is 30.3. The summed E-state index contributed by atoms with van der Waals surface area (Å²) >= 11 is 0. The monoisotopic (exact) mass is 625 g/mol. The molecule has 45 heavy (non-hydrogen) atoms. The van der Waals surface area contributed by atoms with E-state index in [1.807, 2.05) is 12.1 Å². The van der Waals surface area contributed by atoms with Crippen molar-refractivity contribution in [2.75, 3.05) is 25.8 Å². The summed E-state index contributed by atoms with van der Waals surface area (Å²) in [5, 5.41) is 5.54. The summed E-state index contributed by atoms with van der Waals surface area (Å²) in [5.41, 5.74) is 0.571. The maximum Gasteiger partial charge on any atom is 0.416 e. The summed E-state index contributed by atoms with van der Waals surface area (Å²) in [7, 11) is 1.67. The molecule has 236 valence electrons. The van der Waals surface area contributed by atoms with E-state index >= 15 is 0 Å². The second-order valence-electron chi connectivity index (χ2n) is 11.1. The van der Waals surface area contributed by atoms with Crippen LogP contribution in [0.15, 0.2) is 60.7 Å². The Morgan fingerprint density at radius 1 is 0.933 bits per heavy atom. The summed E-state index contributed by atoms with van der Waals surface area (Å²) in [6.45, 7) is 0.649. The fraction of sp³-hybridized carbons (Fsp3) is 0.344. The standard InChI is InChI=1S/C32H30F3N3O7/c1-38-24-9-8-22(14-29(39)36-15-18-2-10-26-27(12-18)44-17-43-26)45-28(24)16-42-25-11-7-21(13-23(25)31(38)41)37-30(40)19-3-5-20(6-4-19)32(33,34)35/h2-7,10-13,22,24,28H,8-9,14-17H2,1H3,(H,36,39)(H,37,40)/t22-,24-,28+/m1/s1. The molecular formula is C32H30F3N3O7. The Bertz CT molecular complexity index is 1610. The molecule has 0 saturated carbocycles. The fourth-order valence-corrected chi connectivity index (χ4v) is 5.65. The lowest BCUT2D eigenvalue weighted by atomic mass is 9.94.